The average molecular weight is 159 g/mol. The highest BCUT2D eigenvalue weighted by Gasteiger charge is 2.22. The summed E-state index contributed by atoms with van der Waals surface area (Å²) in [6, 6.07) is 0. The Bertz CT molecular complexity index is 241. The smallest absolute Gasteiger partial charge is 0.337 e. The lowest BCUT2D eigenvalue weighted by molar-refractivity contribution is -0.136. The molecule has 0 saturated carbocycles. The topological polar surface area (TPSA) is 66.4 Å². The van der Waals surface area contributed by atoms with E-state index >= 15 is 0 Å². The van der Waals surface area contributed by atoms with Gasteiger partial charge in [-0.2, -0.15) is 0 Å². The van der Waals surface area contributed by atoms with Crippen LogP contribution >= 0.6 is 10.5 Å². The predicted molar refractivity (Wildman–Crippen MR) is 37.0 cm³/mol. The van der Waals surface area contributed by atoms with Gasteiger partial charge in [-0.1, -0.05) is 0 Å². The molecule has 0 aromatic heterocycles. The number of nitrogens with one attached hydrogen (secondary N) is 1. The van der Waals surface area contributed by atoms with Gasteiger partial charge in [0.15, 0.2) is 10.6 Å². The van der Waals surface area contributed by atoms with Gasteiger partial charge in [0.25, 0.3) is 0 Å². The molecule has 54 valence electrons. The van der Waals surface area contributed by atoms with Gasteiger partial charge in [-0.05, 0) is 15.9 Å². The fourth-order valence-electron chi connectivity index (χ4n) is 0.608. The van der Waals surface area contributed by atoms with Crippen LogP contribution in [0.5, 0.6) is 0 Å². The lowest BCUT2D eigenvalue weighted by Crippen LogP contribution is -2.27. The van der Waals surface area contributed by atoms with Crippen LogP contribution in [0.25, 0.3) is 0 Å². The van der Waals surface area contributed by atoms with Gasteiger partial charge in [0.2, 0.25) is 0 Å². The van der Waals surface area contributed by atoms with Gasteiger partial charge in [-0.15, -0.1) is 0 Å². The van der Waals surface area contributed by atoms with Gasteiger partial charge in [-0.25, -0.2) is 9.59 Å². The molecule has 0 aromatic carbocycles. The van der Waals surface area contributed by atoms with Crippen LogP contribution in [0, 0.1) is 0 Å². The first kappa shape index (κ1) is 7.05. The summed E-state index contributed by atoms with van der Waals surface area (Å²) in [4.78, 5) is 20.4. The van der Waals surface area contributed by atoms with Crippen molar-refractivity contribution < 1.29 is 14.7 Å². The first-order chi connectivity index (χ1) is 4.75. The second-order valence-electron chi connectivity index (χ2n) is 1.64. The Hall–Kier alpha value is -1.06. The van der Waals surface area contributed by atoms with Crippen molar-refractivity contribution in [3.05, 3.63) is 11.6 Å². The number of hydrogen-bond donors (Lipinski definition) is 2. The van der Waals surface area contributed by atoms with Crippen molar-refractivity contribution in [2.24, 2.45) is 0 Å². The molecule has 10 heavy (non-hydrogen) atoms. The average Bonchev–Trinajstić information content (AvgIpc) is 2.33. The molecule has 0 fully saturated rings. The largest absolute Gasteiger partial charge is 0.479 e. The van der Waals surface area contributed by atoms with Crippen LogP contribution < -0.4 is 5.32 Å². The zero-order chi connectivity index (χ0) is 7.56. The fourth-order valence-corrected chi connectivity index (χ4v) is 1.58. The SMILES string of the molecule is O=C=S1C=CNC1C(=O)O. The molecule has 4 nitrogen and oxygen atoms in total. The molecule has 1 aliphatic heterocycles. The first-order valence-electron chi connectivity index (χ1n) is 2.51. The minimum absolute atomic E-state index is 0.794. The number of rotatable bonds is 1. The molecule has 2 N–H and O–H groups in total. The minimum atomic E-state index is -1.02. The van der Waals surface area contributed by atoms with Crippen LogP contribution in [0.3, 0.4) is 0 Å². The molecule has 0 aliphatic carbocycles. The quantitative estimate of drug-likeness (QED) is 0.520. The number of hydrogen-bond acceptors (Lipinski definition) is 3. The standard InChI is InChI=1S/C5H5NO3S/c7-3-10-2-1-6-4(10)5(8)9/h1-2,4,6H,(H,8,9). The van der Waals surface area contributed by atoms with Crippen molar-refractivity contribution in [1.82, 2.24) is 5.32 Å². The van der Waals surface area contributed by atoms with E-state index in [2.05, 4.69) is 5.32 Å². The van der Waals surface area contributed by atoms with Gasteiger partial charge in [0.05, 0.1) is 0 Å². The summed E-state index contributed by atoms with van der Waals surface area (Å²) in [7, 11) is -0.899. The molecule has 2 unspecified atom stereocenters. The highest BCUT2D eigenvalue weighted by molar-refractivity contribution is 8.18. The molecule has 0 saturated heterocycles. The molecule has 1 aliphatic rings. The van der Waals surface area contributed by atoms with Crippen molar-refractivity contribution >= 4 is 21.7 Å². The molecule has 1 heterocycles. The Morgan fingerprint density at radius 1 is 1.80 bits per heavy atom. The van der Waals surface area contributed by atoms with E-state index in [9.17, 15) is 9.59 Å². The van der Waals surface area contributed by atoms with E-state index in [0.29, 0.717) is 0 Å². The van der Waals surface area contributed by atoms with E-state index in [-0.39, 0.29) is 0 Å². The number of carbonyl (C=O) groups excluding carboxylic acids is 1. The Morgan fingerprint density at radius 2 is 2.50 bits per heavy atom. The van der Waals surface area contributed by atoms with Crippen LogP contribution in [0.2, 0.25) is 0 Å². The normalized spacial score (nSPS) is 29.2. The van der Waals surface area contributed by atoms with Crippen molar-refractivity contribution in [2.75, 3.05) is 0 Å². The van der Waals surface area contributed by atoms with Crippen molar-refractivity contribution in [3.63, 3.8) is 0 Å². The molecular formula is C5H5NO3S. The molecule has 0 aromatic rings. The molecule has 0 amide bonds. The molecule has 0 spiro atoms. The zero-order valence-corrected chi connectivity index (χ0v) is 5.72. The summed E-state index contributed by atoms with van der Waals surface area (Å²) < 4.78 is 0. The molecule has 0 radical (unpaired) electrons. The molecule has 1 rings (SSSR count). The van der Waals surface area contributed by atoms with Gasteiger partial charge in [0, 0.05) is 6.20 Å². The second kappa shape index (κ2) is 2.68. The van der Waals surface area contributed by atoms with E-state index in [0.717, 1.165) is 0 Å². The van der Waals surface area contributed by atoms with Crippen LogP contribution in [0.4, 0.5) is 0 Å². The fraction of sp³-hybridized carbons (Fsp3) is 0.200. The van der Waals surface area contributed by atoms with Crippen LogP contribution in [0.1, 0.15) is 0 Å². The summed E-state index contributed by atoms with van der Waals surface area (Å²) in [6.45, 7) is 0. The van der Waals surface area contributed by atoms with Gasteiger partial charge in [0.1, 0.15) is 0 Å². The Balaban J connectivity index is 2.85. The number of carboxylic acids is 1. The third-order valence-corrected chi connectivity index (χ3v) is 2.50. The maximum Gasteiger partial charge on any atom is 0.337 e. The third kappa shape index (κ3) is 1.10. The summed E-state index contributed by atoms with van der Waals surface area (Å²) in [5.41, 5.74) is 0. The summed E-state index contributed by atoms with van der Waals surface area (Å²) in [5, 5.41) is 13.3. The maximum atomic E-state index is 10.3. The van der Waals surface area contributed by atoms with Crippen molar-refractivity contribution in [3.8, 4) is 0 Å². The molecule has 5 heteroatoms. The van der Waals surface area contributed by atoms with Crippen LogP contribution in [0.15, 0.2) is 11.6 Å². The Kier molecular flexibility index (Phi) is 1.89. The van der Waals surface area contributed by atoms with Gasteiger partial charge >= 0.3 is 5.97 Å². The van der Waals surface area contributed by atoms with Gasteiger partial charge in [-0.3, -0.25) is 0 Å². The summed E-state index contributed by atoms with van der Waals surface area (Å²) in [6.07, 6.45) is 1.47. The number of carbonyl (C=O) groups is 1. The molecular weight excluding hydrogens is 154 g/mol. The third-order valence-electron chi connectivity index (χ3n) is 1.04. The lowest BCUT2D eigenvalue weighted by Gasteiger charge is -2.03. The van der Waals surface area contributed by atoms with E-state index in [1.54, 1.807) is 5.23 Å². The first-order valence-corrected chi connectivity index (χ1v) is 3.86. The number of aliphatic carboxylic acids is 1. The summed E-state index contributed by atoms with van der Waals surface area (Å²) in [5.74, 6) is -1.02. The van der Waals surface area contributed by atoms with Crippen molar-refractivity contribution in [1.29, 1.82) is 0 Å². The van der Waals surface area contributed by atoms with Gasteiger partial charge < -0.3 is 10.4 Å². The lowest BCUT2D eigenvalue weighted by atomic mass is 10.6. The summed E-state index contributed by atoms with van der Waals surface area (Å²) >= 11 is 0. The molecule has 0 bridgehead atoms. The van der Waals surface area contributed by atoms with Crippen LogP contribution in [-0.4, -0.2) is 21.7 Å². The highest BCUT2D eigenvalue weighted by Crippen LogP contribution is 2.22. The Labute approximate surface area is 59.5 Å². The van der Waals surface area contributed by atoms with E-state index in [1.165, 1.54) is 11.6 Å². The van der Waals surface area contributed by atoms with E-state index in [1.807, 2.05) is 0 Å². The predicted octanol–water partition coefficient (Wildman–Crippen LogP) is -0.192. The highest BCUT2D eigenvalue weighted by atomic mass is 32.2. The zero-order valence-electron chi connectivity index (χ0n) is 4.90. The molecule has 2 atom stereocenters. The minimum Gasteiger partial charge on any atom is -0.479 e. The van der Waals surface area contributed by atoms with E-state index < -0.39 is 21.8 Å². The number of carboxylic acid groups (broad SMARTS) is 1. The monoisotopic (exact) mass is 159 g/mol. The van der Waals surface area contributed by atoms with Crippen LogP contribution in [-0.2, 0) is 9.59 Å². The van der Waals surface area contributed by atoms with Crippen molar-refractivity contribution in [2.45, 2.75) is 5.37 Å². The maximum absolute atomic E-state index is 10.3. The van der Waals surface area contributed by atoms with E-state index in [4.69, 9.17) is 5.11 Å². The Morgan fingerprint density at radius 3 is 2.90 bits per heavy atom. The second-order valence-corrected chi connectivity index (χ2v) is 3.30.